The van der Waals surface area contributed by atoms with Crippen molar-refractivity contribution in [1.29, 1.82) is 0 Å². The van der Waals surface area contributed by atoms with Gasteiger partial charge in [0, 0.05) is 0 Å². The minimum Gasteiger partial charge on any atom is -0.462 e. The van der Waals surface area contributed by atoms with E-state index in [9.17, 15) is 4.79 Å². The molecule has 0 aliphatic carbocycles. The molecule has 2 nitrogen and oxygen atoms in total. The van der Waals surface area contributed by atoms with Crippen molar-refractivity contribution in [3.05, 3.63) is 19.2 Å². The third-order valence-electron chi connectivity index (χ3n) is 3.36. The predicted octanol–water partition coefficient (Wildman–Crippen LogP) is 6.96. The van der Waals surface area contributed by atoms with Crippen molar-refractivity contribution in [3.8, 4) is 0 Å². The highest BCUT2D eigenvalue weighted by Crippen LogP contribution is 2.32. The Morgan fingerprint density at radius 3 is 2.14 bits per heavy atom. The molecule has 0 atom stereocenters. The number of carbonyl (C=O) groups is 1. The van der Waals surface area contributed by atoms with Gasteiger partial charge < -0.3 is 4.74 Å². The van der Waals surface area contributed by atoms with Crippen molar-refractivity contribution < 1.29 is 9.53 Å². The fourth-order valence-corrected chi connectivity index (χ4v) is 4.90. The number of halogens is 2. The minimum atomic E-state index is -0.233. The molecule has 0 spiro atoms. The second kappa shape index (κ2) is 11.7. The molecule has 0 aromatic carbocycles. The summed E-state index contributed by atoms with van der Waals surface area (Å²) >= 11 is 8.23. The summed E-state index contributed by atoms with van der Waals surface area (Å²) in [4.78, 5) is 11.8. The summed E-state index contributed by atoms with van der Waals surface area (Å²) in [5.74, 6) is -0.233. The van der Waals surface area contributed by atoms with Crippen molar-refractivity contribution in [2.75, 3.05) is 6.61 Å². The second-order valence-electron chi connectivity index (χ2n) is 5.20. The fourth-order valence-electron chi connectivity index (χ4n) is 2.13. The topological polar surface area (TPSA) is 26.3 Å². The van der Waals surface area contributed by atoms with Crippen LogP contribution < -0.4 is 0 Å². The highest BCUT2D eigenvalue weighted by Gasteiger charge is 2.14. The average molecular weight is 440 g/mol. The maximum Gasteiger partial charge on any atom is 0.340 e. The van der Waals surface area contributed by atoms with Crippen LogP contribution in [0.15, 0.2) is 13.6 Å². The Hall–Kier alpha value is 0.130. The number of hydrogen-bond acceptors (Lipinski definition) is 3. The molecule has 1 heterocycles. The van der Waals surface area contributed by atoms with Gasteiger partial charge in [0.05, 0.1) is 19.7 Å². The summed E-state index contributed by atoms with van der Waals surface area (Å²) in [5, 5.41) is 0. The molecule has 1 aromatic rings. The molecule has 0 N–H and O–H groups in total. The molecule has 0 unspecified atom stereocenters. The van der Waals surface area contributed by atoms with Crippen LogP contribution in [0.5, 0.6) is 0 Å². The average Bonchev–Trinajstić information content (AvgIpc) is 2.79. The standard InChI is InChI=1S/C16H24Br2O2S/c1-2-3-4-5-6-7-8-9-10-11-20-16(19)13-12-14(17)21-15(13)18/h12H,2-11H2,1H3. The molecule has 120 valence electrons. The van der Waals surface area contributed by atoms with Crippen LogP contribution in [0.2, 0.25) is 0 Å². The van der Waals surface area contributed by atoms with Crippen LogP contribution in [0.3, 0.4) is 0 Å². The molecule has 0 fully saturated rings. The molecular weight excluding hydrogens is 416 g/mol. The number of hydrogen-bond donors (Lipinski definition) is 0. The smallest absolute Gasteiger partial charge is 0.340 e. The molecule has 0 aliphatic heterocycles. The Balaban J connectivity index is 1.99. The van der Waals surface area contributed by atoms with Crippen LogP contribution in [0, 0.1) is 0 Å². The first-order valence-electron chi connectivity index (χ1n) is 7.77. The lowest BCUT2D eigenvalue weighted by Gasteiger charge is -2.04. The van der Waals surface area contributed by atoms with Crippen LogP contribution in [0.25, 0.3) is 0 Å². The van der Waals surface area contributed by atoms with E-state index in [1.807, 2.05) is 0 Å². The number of thiophene rings is 1. The summed E-state index contributed by atoms with van der Waals surface area (Å²) < 4.78 is 7.06. The number of carbonyl (C=O) groups excluding carboxylic acids is 1. The highest BCUT2D eigenvalue weighted by atomic mass is 79.9. The second-order valence-corrected chi connectivity index (χ2v) is 8.95. The van der Waals surface area contributed by atoms with Gasteiger partial charge in [0.2, 0.25) is 0 Å². The first kappa shape index (κ1) is 19.2. The maximum absolute atomic E-state index is 11.8. The summed E-state index contributed by atoms with van der Waals surface area (Å²) in [5.41, 5.74) is 0.614. The summed E-state index contributed by atoms with van der Waals surface area (Å²) in [6.45, 7) is 2.77. The third kappa shape index (κ3) is 8.36. The van der Waals surface area contributed by atoms with E-state index in [4.69, 9.17) is 4.74 Å². The third-order valence-corrected chi connectivity index (χ3v) is 5.70. The number of rotatable bonds is 11. The van der Waals surface area contributed by atoms with E-state index < -0.39 is 0 Å². The minimum absolute atomic E-state index is 0.233. The zero-order chi connectivity index (χ0) is 15.5. The van der Waals surface area contributed by atoms with Crippen molar-refractivity contribution in [3.63, 3.8) is 0 Å². The van der Waals surface area contributed by atoms with Gasteiger partial charge in [-0.05, 0) is 44.3 Å². The normalized spacial score (nSPS) is 10.8. The van der Waals surface area contributed by atoms with Gasteiger partial charge in [-0.3, -0.25) is 0 Å². The summed E-state index contributed by atoms with van der Waals surface area (Å²) in [6.07, 6.45) is 11.4. The van der Waals surface area contributed by atoms with Crippen LogP contribution in [0.1, 0.15) is 75.1 Å². The lowest BCUT2D eigenvalue weighted by Crippen LogP contribution is -2.05. The van der Waals surface area contributed by atoms with Gasteiger partial charge in [-0.1, -0.05) is 58.3 Å². The van der Waals surface area contributed by atoms with Gasteiger partial charge >= 0.3 is 5.97 Å². The maximum atomic E-state index is 11.8. The van der Waals surface area contributed by atoms with Gasteiger partial charge in [0.25, 0.3) is 0 Å². The Kier molecular flexibility index (Phi) is 10.7. The lowest BCUT2D eigenvalue weighted by atomic mass is 10.1. The van der Waals surface area contributed by atoms with Crippen molar-refractivity contribution >= 4 is 49.2 Å². The zero-order valence-electron chi connectivity index (χ0n) is 12.6. The fraction of sp³-hybridized carbons (Fsp3) is 0.688. The molecule has 21 heavy (non-hydrogen) atoms. The molecule has 0 aliphatic rings. The van der Waals surface area contributed by atoms with E-state index in [0.717, 1.165) is 20.4 Å². The van der Waals surface area contributed by atoms with Crippen molar-refractivity contribution in [2.45, 2.75) is 64.7 Å². The Morgan fingerprint density at radius 1 is 1.05 bits per heavy atom. The number of ether oxygens (including phenoxy) is 1. The molecule has 0 saturated heterocycles. The van der Waals surface area contributed by atoms with E-state index >= 15 is 0 Å². The van der Waals surface area contributed by atoms with Gasteiger partial charge in [0.1, 0.15) is 0 Å². The van der Waals surface area contributed by atoms with Gasteiger partial charge in [-0.15, -0.1) is 11.3 Å². The van der Waals surface area contributed by atoms with E-state index in [2.05, 4.69) is 38.8 Å². The molecule has 0 amide bonds. The van der Waals surface area contributed by atoms with Crippen LogP contribution in [-0.2, 0) is 4.74 Å². The molecule has 0 saturated carbocycles. The zero-order valence-corrected chi connectivity index (χ0v) is 16.6. The first-order chi connectivity index (χ1) is 10.1. The van der Waals surface area contributed by atoms with Crippen molar-refractivity contribution in [1.82, 2.24) is 0 Å². The molecular formula is C16H24Br2O2S. The first-order valence-corrected chi connectivity index (χ1v) is 10.2. The lowest BCUT2D eigenvalue weighted by molar-refractivity contribution is 0.0497. The summed E-state index contributed by atoms with van der Waals surface area (Å²) in [7, 11) is 0. The highest BCUT2D eigenvalue weighted by molar-refractivity contribution is 9.12. The number of esters is 1. The Labute approximate surface area is 148 Å². The van der Waals surface area contributed by atoms with Crippen LogP contribution >= 0.6 is 43.2 Å². The molecule has 1 rings (SSSR count). The Bertz CT molecular complexity index is 418. The molecule has 1 aromatic heterocycles. The summed E-state index contributed by atoms with van der Waals surface area (Å²) in [6, 6.07) is 1.80. The van der Waals surface area contributed by atoms with E-state index in [0.29, 0.717) is 12.2 Å². The monoisotopic (exact) mass is 438 g/mol. The van der Waals surface area contributed by atoms with E-state index in [1.165, 1.54) is 56.3 Å². The van der Waals surface area contributed by atoms with Gasteiger partial charge in [0.15, 0.2) is 0 Å². The van der Waals surface area contributed by atoms with Gasteiger partial charge in [-0.2, -0.15) is 0 Å². The van der Waals surface area contributed by atoms with E-state index in [1.54, 1.807) is 6.07 Å². The van der Waals surface area contributed by atoms with Gasteiger partial charge in [-0.25, -0.2) is 4.79 Å². The van der Waals surface area contributed by atoms with Crippen LogP contribution in [0.4, 0.5) is 0 Å². The Morgan fingerprint density at radius 2 is 1.62 bits per heavy atom. The molecule has 0 bridgehead atoms. The van der Waals surface area contributed by atoms with Crippen molar-refractivity contribution in [2.24, 2.45) is 0 Å². The van der Waals surface area contributed by atoms with Crippen LogP contribution in [-0.4, -0.2) is 12.6 Å². The molecule has 5 heteroatoms. The quantitative estimate of drug-likeness (QED) is 0.275. The predicted molar refractivity (Wildman–Crippen MR) is 97.2 cm³/mol. The number of unbranched alkanes of at least 4 members (excludes halogenated alkanes) is 8. The SMILES string of the molecule is CCCCCCCCCCCOC(=O)c1cc(Br)sc1Br. The largest absolute Gasteiger partial charge is 0.462 e. The van der Waals surface area contributed by atoms with E-state index in [-0.39, 0.29) is 5.97 Å². The molecule has 0 radical (unpaired) electrons.